The molecule has 1 unspecified atom stereocenters. The Kier molecular flexibility index (Phi) is 4.14. The number of aromatic nitrogens is 2. The van der Waals surface area contributed by atoms with Gasteiger partial charge >= 0.3 is 6.01 Å². The van der Waals surface area contributed by atoms with Gasteiger partial charge < -0.3 is 15.1 Å². The van der Waals surface area contributed by atoms with Crippen LogP contribution in [0.4, 0.5) is 16.1 Å². The van der Waals surface area contributed by atoms with E-state index in [1.54, 1.807) is 0 Å². The number of hydrogen-bond donors (Lipinski definition) is 2. The van der Waals surface area contributed by atoms with Gasteiger partial charge in [0.15, 0.2) is 15.1 Å². The van der Waals surface area contributed by atoms with E-state index in [0.717, 1.165) is 37.8 Å². The first-order valence-corrected chi connectivity index (χ1v) is 9.91. The van der Waals surface area contributed by atoms with Gasteiger partial charge in [-0.1, -0.05) is 17.9 Å². The molecule has 8 nitrogen and oxygen atoms in total. The summed E-state index contributed by atoms with van der Waals surface area (Å²) in [6.07, 6.45) is 3.79. The minimum atomic E-state index is -4.09. The largest absolute Gasteiger partial charge is 0.407 e. The van der Waals surface area contributed by atoms with Crippen LogP contribution in [0.15, 0.2) is 27.5 Å². The zero-order valence-electron chi connectivity index (χ0n) is 13.7. The first-order chi connectivity index (χ1) is 12.4. The van der Waals surface area contributed by atoms with E-state index in [2.05, 4.69) is 20.8 Å². The summed E-state index contributed by atoms with van der Waals surface area (Å²) in [5, 5.41) is 11.9. The summed E-state index contributed by atoms with van der Waals surface area (Å²) >= 11 is 0. The van der Waals surface area contributed by atoms with Gasteiger partial charge in [-0.25, -0.2) is 12.8 Å². The van der Waals surface area contributed by atoms with Crippen molar-refractivity contribution < 1.29 is 22.0 Å². The molecule has 138 valence electrons. The predicted molar refractivity (Wildman–Crippen MR) is 89.8 cm³/mol. The number of sulfone groups is 1. The fourth-order valence-corrected chi connectivity index (χ4v) is 5.10. The van der Waals surface area contributed by atoms with Crippen LogP contribution >= 0.6 is 0 Å². The molecule has 1 atom stereocenters. The molecule has 1 fully saturated rings. The van der Waals surface area contributed by atoms with Crippen molar-refractivity contribution >= 4 is 27.4 Å². The first-order valence-electron chi connectivity index (χ1n) is 8.37. The number of benzene rings is 1. The van der Waals surface area contributed by atoms with Gasteiger partial charge in [0.25, 0.3) is 0 Å². The zero-order chi connectivity index (χ0) is 18.3. The number of carbonyl (C=O) groups is 1. The average molecular weight is 380 g/mol. The molecule has 2 N–H and O–H groups in total. The van der Waals surface area contributed by atoms with Crippen LogP contribution in [0.3, 0.4) is 0 Å². The second-order valence-corrected chi connectivity index (χ2v) is 8.60. The minimum Gasteiger partial charge on any atom is -0.407 e. The fraction of sp³-hybridized carbons (Fsp3) is 0.438. The lowest BCUT2D eigenvalue weighted by molar-refractivity contribution is -0.116. The van der Waals surface area contributed by atoms with Crippen molar-refractivity contribution in [2.24, 2.45) is 0 Å². The fourth-order valence-electron chi connectivity index (χ4n) is 3.36. The molecular weight excluding hydrogens is 363 g/mol. The van der Waals surface area contributed by atoms with Crippen LogP contribution in [0.2, 0.25) is 0 Å². The monoisotopic (exact) mass is 380 g/mol. The molecule has 4 rings (SSSR count). The molecule has 0 saturated heterocycles. The maximum atomic E-state index is 13.6. The van der Waals surface area contributed by atoms with Crippen molar-refractivity contribution in [1.82, 2.24) is 10.2 Å². The van der Waals surface area contributed by atoms with Gasteiger partial charge in [-0.05, 0) is 31.0 Å². The van der Waals surface area contributed by atoms with Crippen LogP contribution < -0.4 is 10.6 Å². The van der Waals surface area contributed by atoms with Crippen LogP contribution in [0, 0.1) is 5.82 Å². The lowest BCUT2D eigenvalue weighted by Crippen LogP contribution is -2.17. The number of amides is 1. The van der Waals surface area contributed by atoms with Crippen LogP contribution in [-0.4, -0.2) is 30.6 Å². The van der Waals surface area contributed by atoms with Crippen LogP contribution in [-0.2, 0) is 14.6 Å². The minimum absolute atomic E-state index is 0.0442. The van der Waals surface area contributed by atoms with Gasteiger partial charge in [0.05, 0.1) is 17.0 Å². The number of halogens is 1. The molecule has 2 aliphatic rings. The summed E-state index contributed by atoms with van der Waals surface area (Å²) in [7, 11) is -4.09. The van der Waals surface area contributed by atoms with Crippen molar-refractivity contribution in [3.8, 4) is 0 Å². The number of carbonyl (C=O) groups excluding carboxylic acids is 1. The van der Waals surface area contributed by atoms with Crippen LogP contribution in [0.1, 0.15) is 43.2 Å². The van der Waals surface area contributed by atoms with Gasteiger partial charge in [-0.15, -0.1) is 5.10 Å². The van der Waals surface area contributed by atoms with Gasteiger partial charge in [0, 0.05) is 6.04 Å². The molecule has 1 aliphatic heterocycles. The topological polar surface area (TPSA) is 114 Å². The molecule has 1 amide bonds. The van der Waals surface area contributed by atoms with Gasteiger partial charge in [0.2, 0.25) is 11.8 Å². The molecule has 0 spiro atoms. The molecule has 1 aromatic carbocycles. The molecule has 26 heavy (non-hydrogen) atoms. The highest BCUT2D eigenvalue weighted by Crippen LogP contribution is 2.38. The Morgan fingerprint density at radius 1 is 1.23 bits per heavy atom. The van der Waals surface area contributed by atoms with Crippen molar-refractivity contribution in [2.75, 3.05) is 10.6 Å². The molecule has 2 heterocycles. The van der Waals surface area contributed by atoms with Crippen molar-refractivity contribution in [1.29, 1.82) is 0 Å². The quantitative estimate of drug-likeness (QED) is 0.840. The Hall–Kier alpha value is -2.49. The van der Waals surface area contributed by atoms with E-state index in [9.17, 15) is 17.6 Å². The van der Waals surface area contributed by atoms with Crippen molar-refractivity contribution in [3.05, 3.63) is 29.9 Å². The summed E-state index contributed by atoms with van der Waals surface area (Å²) in [5.41, 5.74) is 0.0442. The highest BCUT2D eigenvalue weighted by molar-refractivity contribution is 7.91. The standard InChI is InChI=1S/C16H17FN4O4S/c17-9-5-6-11-12(7-9)26(23,24)13(8-14(22)19-11)15-20-21-16(25-15)18-10-3-1-2-4-10/h5-7,10,13H,1-4,8H2,(H,18,21)(H,19,22). The first kappa shape index (κ1) is 17.0. The third kappa shape index (κ3) is 3.05. The molecule has 2 aromatic rings. The molecule has 1 saturated carbocycles. The smallest absolute Gasteiger partial charge is 0.315 e. The summed E-state index contributed by atoms with van der Waals surface area (Å²) in [4.78, 5) is 11.8. The summed E-state index contributed by atoms with van der Waals surface area (Å²) in [5.74, 6) is -1.42. The van der Waals surface area contributed by atoms with E-state index in [0.29, 0.717) is 0 Å². The number of nitrogens with one attached hydrogen (secondary N) is 2. The number of rotatable bonds is 3. The Labute approximate surface area is 149 Å². The van der Waals surface area contributed by atoms with Gasteiger partial charge in [-0.3, -0.25) is 4.79 Å². The zero-order valence-corrected chi connectivity index (χ0v) is 14.6. The van der Waals surface area contributed by atoms with Crippen molar-refractivity contribution in [3.63, 3.8) is 0 Å². The second kappa shape index (κ2) is 6.35. The van der Waals surface area contributed by atoms with E-state index < -0.39 is 26.8 Å². The average Bonchev–Trinajstić information content (AvgIpc) is 3.24. The van der Waals surface area contributed by atoms with E-state index in [1.165, 1.54) is 6.07 Å². The van der Waals surface area contributed by atoms with Crippen LogP contribution in [0.5, 0.6) is 0 Å². The third-order valence-electron chi connectivity index (χ3n) is 4.67. The number of hydrogen-bond acceptors (Lipinski definition) is 7. The maximum absolute atomic E-state index is 13.6. The molecule has 0 bridgehead atoms. The number of anilines is 2. The van der Waals surface area contributed by atoms with Crippen LogP contribution in [0.25, 0.3) is 0 Å². The molecule has 1 aromatic heterocycles. The Balaban J connectivity index is 1.69. The number of fused-ring (bicyclic) bond motifs is 1. The van der Waals surface area contributed by atoms with Gasteiger partial charge in [-0.2, -0.15) is 0 Å². The normalized spacial score (nSPS) is 22.5. The lowest BCUT2D eigenvalue weighted by Gasteiger charge is -2.11. The maximum Gasteiger partial charge on any atom is 0.315 e. The predicted octanol–water partition coefficient (Wildman–Crippen LogP) is 2.42. The van der Waals surface area contributed by atoms with E-state index in [1.807, 2.05) is 0 Å². The van der Waals surface area contributed by atoms with E-state index >= 15 is 0 Å². The Bertz CT molecular complexity index is 953. The molecule has 10 heteroatoms. The number of nitrogens with zero attached hydrogens (tertiary/aromatic N) is 2. The third-order valence-corrected chi connectivity index (χ3v) is 6.74. The summed E-state index contributed by atoms with van der Waals surface area (Å²) < 4.78 is 45.0. The highest BCUT2D eigenvalue weighted by Gasteiger charge is 2.40. The van der Waals surface area contributed by atoms with Crippen molar-refractivity contribution in [2.45, 2.75) is 48.3 Å². The van der Waals surface area contributed by atoms with E-state index in [4.69, 9.17) is 4.42 Å². The molecule has 0 radical (unpaired) electrons. The Morgan fingerprint density at radius 3 is 2.77 bits per heavy atom. The highest BCUT2D eigenvalue weighted by atomic mass is 32.2. The lowest BCUT2D eigenvalue weighted by atomic mass is 10.2. The second-order valence-electron chi connectivity index (χ2n) is 6.50. The molecular formula is C16H17FN4O4S. The summed E-state index contributed by atoms with van der Waals surface area (Å²) in [6, 6.07) is 3.55. The SMILES string of the molecule is O=C1CC(c2nnc(NC3CCCC3)o2)S(=O)(=O)c2cc(F)ccc2N1. The summed E-state index contributed by atoms with van der Waals surface area (Å²) in [6.45, 7) is 0. The van der Waals surface area contributed by atoms with Gasteiger partial charge in [0.1, 0.15) is 5.82 Å². The molecule has 1 aliphatic carbocycles. The Morgan fingerprint density at radius 2 is 2.00 bits per heavy atom. The van der Waals surface area contributed by atoms with E-state index in [-0.39, 0.29) is 35.0 Å².